The van der Waals surface area contributed by atoms with Crippen molar-refractivity contribution in [2.45, 2.75) is 6.92 Å². The summed E-state index contributed by atoms with van der Waals surface area (Å²) in [6, 6.07) is 5.73. The third-order valence-corrected chi connectivity index (χ3v) is 1.96. The van der Waals surface area contributed by atoms with E-state index in [1.165, 1.54) is 0 Å². The minimum absolute atomic E-state index is 0.765. The van der Waals surface area contributed by atoms with Gasteiger partial charge in [-0.15, -0.1) is 0 Å². The van der Waals surface area contributed by atoms with E-state index < -0.39 is 0 Å². The zero-order chi connectivity index (χ0) is 9.14. The Morgan fingerprint density at radius 1 is 1.33 bits per heavy atom. The van der Waals surface area contributed by atoms with Crippen molar-refractivity contribution >= 4 is 12.0 Å². The molecular formula is C10H13NO. The fourth-order valence-electron chi connectivity index (χ4n) is 1.25. The Kier molecular flexibility index (Phi) is 2.48. The van der Waals surface area contributed by atoms with Crippen molar-refractivity contribution < 1.29 is 4.79 Å². The Morgan fingerprint density at radius 2 is 2.00 bits per heavy atom. The van der Waals surface area contributed by atoms with E-state index in [4.69, 9.17) is 0 Å². The zero-order valence-corrected chi connectivity index (χ0v) is 7.66. The van der Waals surface area contributed by atoms with E-state index >= 15 is 0 Å². The normalized spacial score (nSPS) is 9.58. The molecule has 0 saturated carbocycles. The van der Waals surface area contributed by atoms with Gasteiger partial charge in [-0.3, -0.25) is 4.79 Å². The van der Waals surface area contributed by atoms with Crippen molar-refractivity contribution in [2.24, 2.45) is 0 Å². The van der Waals surface area contributed by atoms with Gasteiger partial charge in [-0.2, -0.15) is 0 Å². The molecule has 0 bridgehead atoms. The smallest absolute Gasteiger partial charge is 0.150 e. The molecule has 0 aliphatic rings. The third kappa shape index (κ3) is 1.47. The van der Waals surface area contributed by atoms with Gasteiger partial charge in [0.15, 0.2) is 0 Å². The lowest BCUT2D eigenvalue weighted by Crippen LogP contribution is -2.10. The van der Waals surface area contributed by atoms with Crippen LogP contribution in [0.3, 0.4) is 0 Å². The summed E-state index contributed by atoms with van der Waals surface area (Å²) in [5.74, 6) is 0. The number of anilines is 1. The highest BCUT2D eigenvalue weighted by Gasteiger charge is 2.03. The van der Waals surface area contributed by atoms with Crippen LogP contribution < -0.4 is 4.90 Å². The van der Waals surface area contributed by atoms with E-state index in [1.807, 2.05) is 44.1 Å². The Morgan fingerprint density at radius 3 is 2.50 bits per heavy atom. The van der Waals surface area contributed by atoms with Crippen LogP contribution >= 0.6 is 0 Å². The molecule has 0 radical (unpaired) electrons. The van der Waals surface area contributed by atoms with Crippen LogP contribution in [0.25, 0.3) is 0 Å². The summed E-state index contributed by atoms with van der Waals surface area (Å²) in [7, 11) is 3.94. The third-order valence-electron chi connectivity index (χ3n) is 1.96. The molecule has 0 amide bonds. The number of nitrogens with zero attached hydrogens (tertiary/aromatic N) is 1. The predicted molar refractivity (Wildman–Crippen MR) is 50.9 cm³/mol. The van der Waals surface area contributed by atoms with Gasteiger partial charge in [0.2, 0.25) is 0 Å². The average molecular weight is 163 g/mol. The fourth-order valence-corrected chi connectivity index (χ4v) is 1.25. The minimum atomic E-state index is 0.765. The highest BCUT2D eigenvalue weighted by molar-refractivity contribution is 5.80. The van der Waals surface area contributed by atoms with Gasteiger partial charge in [0.05, 0.1) is 0 Å². The van der Waals surface area contributed by atoms with Gasteiger partial charge in [0.25, 0.3) is 0 Å². The molecule has 1 aromatic carbocycles. The van der Waals surface area contributed by atoms with Crippen molar-refractivity contribution in [3.05, 3.63) is 29.3 Å². The zero-order valence-electron chi connectivity index (χ0n) is 7.66. The molecule has 0 fully saturated rings. The topological polar surface area (TPSA) is 20.3 Å². The molecule has 1 aromatic rings. The van der Waals surface area contributed by atoms with Gasteiger partial charge in [0.1, 0.15) is 6.29 Å². The number of aldehydes is 1. The lowest BCUT2D eigenvalue weighted by molar-refractivity contribution is 0.112. The van der Waals surface area contributed by atoms with E-state index in [0.717, 1.165) is 23.1 Å². The lowest BCUT2D eigenvalue weighted by atomic mass is 10.1. The lowest BCUT2D eigenvalue weighted by Gasteiger charge is -2.16. The summed E-state index contributed by atoms with van der Waals surface area (Å²) in [6.07, 6.45) is 0.891. The van der Waals surface area contributed by atoms with Crippen molar-refractivity contribution in [3.8, 4) is 0 Å². The maximum Gasteiger partial charge on any atom is 0.150 e. The van der Waals surface area contributed by atoms with Gasteiger partial charge in [0, 0.05) is 25.3 Å². The van der Waals surface area contributed by atoms with E-state index in [2.05, 4.69) is 0 Å². The quantitative estimate of drug-likeness (QED) is 0.620. The van der Waals surface area contributed by atoms with Crippen molar-refractivity contribution in [3.63, 3.8) is 0 Å². The van der Waals surface area contributed by atoms with Gasteiger partial charge in [-0.1, -0.05) is 12.1 Å². The second kappa shape index (κ2) is 3.39. The summed E-state index contributed by atoms with van der Waals surface area (Å²) in [6.45, 7) is 1.96. The van der Waals surface area contributed by atoms with Gasteiger partial charge >= 0.3 is 0 Å². The van der Waals surface area contributed by atoms with Crippen molar-refractivity contribution in [1.29, 1.82) is 0 Å². The first kappa shape index (κ1) is 8.78. The maximum absolute atomic E-state index is 10.6. The van der Waals surface area contributed by atoms with Crippen LogP contribution in [-0.4, -0.2) is 20.4 Å². The van der Waals surface area contributed by atoms with Gasteiger partial charge in [-0.05, 0) is 18.6 Å². The number of carbonyl (C=O) groups is 1. The SMILES string of the molecule is Cc1c(C=O)cccc1N(C)C. The van der Waals surface area contributed by atoms with Gasteiger partial charge in [-0.25, -0.2) is 0 Å². The van der Waals surface area contributed by atoms with E-state index in [0.29, 0.717) is 0 Å². The van der Waals surface area contributed by atoms with Crippen molar-refractivity contribution in [1.82, 2.24) is 0 Å². The summed E-state index contributed by atoms with van der Waals surface area (Å²) >= 11 is 0. The monoisotopic (exact) mass is 163 g/mol. The summed E-state index contributed by atoms with van der Waals surface area (Å²) in [5.41, 5.74) is 2.90. The number of rotatable bonds is 2. The number of hydrogen-bond donors (Lipinski definition) is 0. The Labute approximate surface area is 72.8 Å². The molecule has 0 aliphatic carbocycles. The van der Waals surface area contributed by atoms with Crippen LogP contribution in [-0.2, 0) is 0 Å². The van der Waals surface area contributed by atoms with Crippen LogP contribution in [0.1, 0.15) is 15.9 Å². The molecule has 0 heterocycles. The molecule has 0 aliphatic heterocycles. The first-order valence-electron chi connectivity index (χ1n) is 3.89. The number of hydrogen-bond acceptors (Lipinski definition) is 2. The molecule has 2 nitrogen and oxygen atoms in total. The Hall–Kier alpha value is -1.31. The van der Waals surface area contributed by atoms with Crippen LogP contribution in [0.2, 0.25) is 0 Å². The first-order valence-corrected chi connectivity index (χ1v) is 3.89. The average Bonchev–Trinajstić information content (AvgIpc) is 2.04. The highest BCUT2D eigenvalue weighted by Crippen LogP contribution is 2.19. The summed E-state index contributed by atoms with van der Waals surface area (Å²) < 4.78 is 0. The summed E-state index contributed by atoms with van der Waals surface area (Å²) in [5, 5.41) is 0. The maximum atomic E-state index is 10.6. The number of carbonyl (C=O) groups excluding carboxylic acids is 1. The predicted octanol–water partition coefficient (Wildman–Crippen LogP) is 1.87. The Bertz CT molecular complexity index is 292. The van der Waals surface area contributed by atoms with Crippen LogP contribution in [0.15, 0.2) is 18.2 Å². The van der Waals surface area contributed by atoms with Crippen LogP contribution in [0.4, 0.5) is 5.69 Å². The summed E-state index contributed by atoms with van der Waals surface area (Å²) in [4.78, 5) is 12.6. The molecule has 1 rings (SSSR count). The van der Waals surface area contributed by atoms with E-state index in [-0.39, 0.29) is 0 Å². The van der Waals surface area contributed by atoms with Crippen LogP contribution in [0.5, 0.6) is 0 Å². The molecule has 0 N–H and O–H groups in total. The molecule has 2 heteroatoms. The molecule has 0 atom stereocenters. The Balaban J connectivity index is 3.22. The molecule has 0 unspecified atom stereocenters. The first-order chi connectivity index (χ1) is 5.66. The van der Waals surface area contributed by atoms with E-state index in [9.17, 15) is 4.79 Å². The molecule has 0 saturated heterocycles. The fraction of sp³-hybridized carbons (Fsp3) is 0.300. The second-order valence-electron chi connectivity index (χ2n) is 3.00. The standard InChI is InChI=1S/C10H13NO/c1-8-9(7-12)5-4-6-10(8)11(2)3/h4-7H,1-3H3. The van der Waals surface area contributed by atoms with E-state index in [1.54, 1.807) is 0 Å². The molecule has 64 valence electrons. The minimum Gasteiger partial charge on any atom is -0.377 e. The second-order valence-corrected chi connectivity index (χ2v) is 3.00. The molecule has 0 spiro atoms. The van der Waals surface area contributed by atoms with Gasteiger partial charge < -0.3 is 4.90 Å². The largest absolute Gasteiger partial charge is 0.377 e. The number of benzene rings is 1. The van der Waals surface area contributed by atoms with Crippen LogP contribution in [0, 0.1) is 6.92 Å². The molecular weight excluding hydrogens is 150 g/mol. The molecule has 0 aromatic heterocycles. The van der Waals surface area contributed by atoms with Crippen molar-refractivity contribution in [2.75, 3.05) is 19.0 Å². The molecule has 12 heavy (non-hydrogen) atoms. The highest BCUT2D eigenvalue weighted by atomic mass is 16.1.